The van der Waals surface area contributed by atoms with Gasteiger partial charge in [0, 0.05) is 5.56 Å². The molecule has 2 rings (SSSR count). The van der Waals surface area contributed by atoms with E-state index < -0.39 is 0 Å². The molecule has 1 atom stereocenters. The third-order valence-corrected chi connectivity index (χ3v) is 3.59. The second kappa shape index (κ2) is 3.60. The number of benzene rings is 1. The van der Waals surface area contributed by atoms with Crippen molar-refractivity contribution < 1.29 is 0 Å². The van der Waals surface area contributed by atoms with E-state index in [0.717, 1.165) is 10.0 Å². The topological polar surface area (TPSA) is 12.4 Å². The number of thiocarbonyl (C=S) groups is 1. The molecule has 1 aliphatic rings. The van der Waals surface area contributed by atoms with Crippen molar-refractivity contribution in [3.05, 3.63) is 35.9 Å². The first-order valence-corrected chi connectivity index (χ1v) is 5.41. The first-order chi connectivity index (χ1) is 6.27. The third kappa shape index (κ3) is 1.81. The molecule has 0 aromatic heterocycles. The molecule has 0 spiro atoms. The number of thioether (sulfide) groups is 1. The Balaban J connectivity index is 2.30. The fourth-order valence-corrected chi connectivity index (χ4v) is 2.35. The quantitative estimate of drug-likeness (QED) is 0.656. The maximum Gasteiger partial charge on any atom is 0.117 e. The van der Waals surface area contributed by atoms with Gasteiger partial charge in [0.25, 0.3) is 0 Å². The van der Waals surface area contributed by atoms with Crippen LogP contribution in [0.2, 0.25) is 0 Å². The van der Waals surface area contributed by atoms with E-state index in [-0.39, 0.29) is 0 Å². The second-order valence-corrected chi connectivity index (χ2v) is 4.63. The van der Waals surface area contributed by atoms with Crippen LogP contribution in [0.4, 0.5) is 0 Å². The lowest BCUT2D eigenvalue weighted by Gasteiger charge is -1.99. The summed E-state index contributed by atoms with van der Waals surface area (Å²) in [6.45, 7) is 2.09. The molecule has 3 heteroatoms. The molecule has 0 saturated heterocycles. The summed E-state index contributed by atoms with van der Waals surface area (Å²) in [5, 5.41) is 1.41. The molecule has 1 nitrogen and oxygen atoms in total. The summed E-state index contributed by atoms with van der Waals surface area (Å²) in [4.78, 5) is 5.16. The summed E-state index contributed by atoms with van der Waals surface area (Å²) < 4.78 is 0. The van der Waals surface area contributed by atoms with E-state index in [9.17, 15) is 0 Å². The molecule has 0 fully saturated rings. The summed E-state index contributed by atoms with van der Waals surface area (Å²) in [6, 6.07) is 10.2. The SMILES string of the molecule is CC1SC(c2ccccc2)=NC1=S. The van der Waals surface area contributed by atoms with E-state index in [1.165, 1.54) is 5.56 Å². The van der Waals surface area contributed by atoms with Gasteiger partial charge in [0.05, 0.1) is 5.25 Å². The summed E-state index contributed by atoms with van der Waals surface area (Å²) in [6.07, 6.45) is 0. The van der Waals surface area contributed by atoms with Crippen molar-refractivity contribution >= 4 is 34.0 Å². The minimum Gasteiger partial charge on any atom is -0.233 e. The Bertz CT molecular complexity index is 356. The van der Waals surface area contributed by atoms with Crippen LogP contribution >= 0.6 is 24.0 Å². The summed E-state index contributed by atoms with van der Waals surface area (Å²) in [5.41, 5.74) is 1.17. The van der Waals surface area contributed by atoms with Gasteiger partial charge in [-0.15, -0.1) is 0 Å². The van der Waals surface area contributed by atoms with Crippen molar-refractivity contribution in [1.29, 1.82) is 0 Å². The number of aliphatic imine (C=N–C) groups is 1. The zero-order valence-electron chi connectivity index (χ0n) is 7.23. The van der Waals surface area contributed by atoms with Gasteiger partial charge in [-0.05, 0) is 6.92 Å². The molecule has 1 aromatic carbocycles. The van der Waals surface area contributed by atoms with Crippen LogP contribution in [-0.2, 0) is 0 Å². The van der Waals surface area contributed by atoms with Gasteiger partial charge in [0.15, 0.2) is 0 Å². The van der Waals surface area contributed by atoms with E-state index in [1.54, 1.807) is 11.8 Å². The van der Waals surface area contributed by atoms with Crippen molar-refractivity contribution in [3.63, 3.8) is 0 Å². The minimum absolute atomic E-state index is 0.352. The molecule has 1 heterocycles. The van der Waals surface area contributed by atoms with Crippen LogP contribution in [0.1, 0.15) is 12.5 Å². The highest BCUT2D eigenvalue weighted by Crippen LogP contribution is 2.26. The molecule has 0 amide bonds. The summed E-state index contributed by atoms with van der Waals surface area (Å²) in [5.74, 6) is 0. The molecule has 13 heavy (non-hydrogen) atoms. The van der Waals surface area contributed by atoms with Crippen LogP contribution in [0.15, 0.2) is 35.3 Å². The standard InChI is InChI=1S/C10H9NS2/c1-7-9(12)11-10(13-7)8-5-3-2-4-6-8/h2-7H,1H3. The fraction of sp³-hybridized carbons (Fsp3) is 0.200. The Morgan fingerprint density at radius 2 is 2.00 bits per heavy atom. The average molecular weight is 207 g/mol. The van der Waals surface area contributed by atoms with E-state index in [4.69, 9.17) is 12.2 Å². The fourth-order valence-electron chi connectivity index (χ4n) is 1.15. The van der Waals surface area contributed by atoms with Crippen LogP contribution in [0.3, 0.4) is 0 Å². The second-order valence-electron chi connectivity index (χ2n) is 2.88. The highest BCUT2D eigenvalue weighted by molar-refractivity contribution is 8.16. The lowest BCUT2D eigenvalue weighted by atomic mass is 10.2. The zero-order chi connectivity index (χ0) is 9.26. The van der Waals surface area contributed by atoms with Crippen molar-refractivity contribution in [3.8, 4) is 0 Å². The number of hydrogen-bond donors (Lipinski definition) is 0. The van der Waals surface area contributed by atoms with Crippen molar-refractivity contribution in [2.75, 3.05) is 0 Å². The van der Waals surface area contributed by atoms with Gasteiger partial charge in [0.2, 0.25) is 0 Å². The maximum absolute atomic E-state index is 5.11. The number of hydrogen-bond acceptors (Lipinski definition) is 2. The van der Waals surface area contributed by atoms with Crippen LogP contribution < -0.4 is 0 Å². The Kier molecular flexibility index (Phi) is 2.47. The monoisotopic (exact) mass is 207 g/mol. The molecule has 0 bridgehead atoms. The van der Waals surface area contributed by atoms with Crippen molar-refractivity contribution in [2.45, 2.75) is 12.2 Å². The largest absolute Gasteiger partial charge is 0.233 e. The van der Waals surface area contributed by atoms with Crippen molar-refractivity contribution in [1.82, 2.24) is 0 Å². The van der Waals surface area contributed by atoms with E-state index >= 15 is 0 Å². The molecular weight excluding hydrogens is 198 g/mol. The van der Waals surface area contributed by atoms with Gasteiger partial charge < -0.3 is 0 Å². The predicted molar refractivity (Wildman–Crippen MR) is 62.6 cm³/mol. The highest BCUT2D eigenvalue weighted by Gasteiger charge is 2.20. The van der Waals surface area contributed by atoms with Gasteiger partial charge >= 0.3 is 0 Å². The maximum atomic E-state index is 5.11. The molecule has 1 unspecified atom stereocenters. The summed E-state index contributed by atoms with van der Waals surface area (Å²) >= 11 is 6.85. The Morgan fingerprint density at radius 3 is 2.54 bits per heavy atom. The normalized spacial score (nSPS) is 21.8. The van der Waals surface area contributed by atoms with Crippen LogP contribution in [-0.4, -0.2) is 15.3 Å². The zero-order valence-corrected chi connectivity index (χ0v) is 8.86. The molecule has 1 aliphatic heterocycles. The molecule has 1 aromatic rings. The molecule has 0 radical (unpaired) electrons. The number of rotatable bonds is 1. The molecule has 0 saturated carbocycles. The Labute approximate surface area is 87.3 Å². The average Bonchev–Trinajstić information content (AvgIpc) is 2.49. The van der Waals surface area contributed by atoms with Crippen molar-refractivity contribution in [2.24, 2.45) is 4.99 Å². The molecule has 0 aliphatic carbocycles. The molecule has 66 valence electrons. The Morgan fingerprint density at radius 1 is 1.31 bits per heavy atom. The first kappa shape index (κ1) is 8.91. The minimum atomic E-state index is 0.352. The van der Waals surface area contributed by atoms with E-state index in [0.29, 0.717) is 5.25 Å². The third-order valence-electron chi connectivity index (χ3n) is 1.87. The highest BCUT2D eigenvalue weighted by atomic mass is 32.2. The predicted octanol–water partition coefficient (Wildman–Crippen LogP) is 2.90. The van der Waals surface area contributed by atoms with E-state index in [1.807, 2.05) is 18.2 Å². The van der Waals surface area contributed by atoms with Crippen LogP contribution in [0.25, 0.3) is 0 Å². The van der Waals surface area contributed by atoms with Crippen LogP contribution in [0.5, 0.6) is 0 Å². The van der Waals surface area contributed by atoms with Crippen LogP contribution in [0, 0.1) is 0 Å². The van der Waals surface area contributed by atoms with Gasteiger partial charge in [-0.25, -0.2) is 4.99 Å². The van der Waals surface area contributed by atoms with Gasteiger partial charge in [-0.1, -0.05) is 54.3 Å². The van der Waals surface area contributed by atoms with E-state index in [2.05, 4.69) is 24.0 Å². The number of nitrogens with zero attached hydrogens (tertiary/aromatic N) is 1. The first-order valence-electron chi connectivity index (χ1n) is 4.12. The van der Waals surface area contributed by atoms with Gasteiger partial charge in [-0.3, -0.25) is 0 Å². The lowest BCUT2D eigenvalue weighted by molar-refractivity contribution is 1.34. The van der Waals surface area contributed by atoms with Gasteiger partial charge in [-0.2, -0.15) is 0 Å². The smallest absolute Gasteiger partial charge is 0.117 e. The Hall–Kier alpha value is -0.670. The summed E-state index contributed by atoms with van der Waals surface area (Å²) in [7, 11) is 0. The molecular formula is C10H9NS2. The van der Waals surface area contributed by atoms with Gasteiger partial charge in [0.1, 0.15) is 10.0 Å². The lowest BCUT2D eigenvalue weighted by Crippen LogP contribution is -2.00. The molecule has 0 N–H and O–H groups in total.